The van der Waals surface area contributed by atoms with Gasteiger partial charge in [-0.2, -0.15) is 0 Å². The van der Waals surface area contributed by atoms with Gasteiger partial charge in [0.25, 0.3) is 0 Å². The second-order valence-electron chi connectivity index (χ2n) is 11.8. The number of carbonyl (C=O) groups excluding carboxylic acids is 3. The standard InChI is InChI=1S/C27H34ClNO8/c1-11(2)18-21(33)17(24(29)36)22(34)27(37)23(35)19-20(32)16-14(8-25(19,3)10-26(18,27)4)12(5-6-15(16)31)7-13(28)9-30/h5-7,11,17-19,21,23,30-31,33,35,37H,8-10H2,1-4H3,(H2,29,36)/b13-7-/t17-,18+,19-,21?,23?,25-,26-,27+/m1/s1. The van der Waals surface area contributed by atoms with Gasteiger partial charge in [0.15, 0.2) is 17.2 Å². The molecule has 4 rings (SSSR count). The first-order valence-corrected chi connectivity index (χ1v) is 12.7. The minimum atomic E-state index is -2.55. The Morgan fingerprint density at radius 2 is 1.86 bits per heavy atom. The number of amides is 1. The van der Waals surface area contributed by atoms with E-state index in [4.69, 9.17) is 17.3 Å². The second kappa shape index (κ2) is 8.88. The van der Waals surface area contributed by atoms with E-state index in [9.17, 15) is 39.9 Å². The van der Waals surface area contributed by atoms with Crippen LogP contribution in [0.4, 0.5) is 0 Å². The van der Waals surface area contributed by atoms with Gasteiger partial charge in [0.1, 0.15) is 17.8 Å². The van der Waals surface area contributed by atoms with Crippen LogP contribution in [0.25, 0.3) is 6.08 Å². The summed E-state index contributed by atoms with van der Waals surface area (Å²) in [4.78, 5) is 39.8. The molecule has 0 bridgehead atoms. The molecule has 2 unspecified atom stereocenters. The van der Waals surface area contributed by atoms with Gasteiger partial charge >= 0.3 is 0 Å². The number of hydrogen-bond acceptors (Lipinski definition) is 8. The van der Waals surface area contributed by atoms with E-state index in [-0.39, 0.29) is 35.1 Å². The Morgan fingerprint density at radius 1 is 1.24 bits per heavy atom. The molecule has 10 heteroatoms. The highest BCUT2D eigenvalue weighted by atomic mass is 35.5. The summed E-state index contributed by atoms with van der Waals surface area (Å²) < 4.78 is 0. The Kier molecular flexibility index (Phi) is 6.66. The fourth-order valence-corrected chi connectivity index (χ4v) is 8.02. The lowest BCUT2D eigenvalue weighted by Gasteiger charge is -2.66. The monoisotopic (exact) mass is 535 g/mol. The number of aromatic hydroxyl groups is 1. The molecule has 0 aliphatic heterocycles. The first-order valence-electron chi connectivity index (χ1n) is 12.3. The van der Waals surface area contributed by atoms with Crippen molar-refractivity contribution in [2.24, 2.45) is 40.2 Å². The third kappa shape index (κ3) is 3.62. The van der Waals surface area contributed by atoms with Crippen molar-refractivity contribution in [3.05, 3.63) is 33.9 Å². The van der Waals surface area contributed by atoms with E-state index in [1.807, 2.05) is 0 Å². The molecule has 1 amide bonds. The van der Waals surface area contributed by atoms with Gasteiger partial charge in [-0.05, 0) is 53.4 Å². The third-order valence-corrected chi connectivity index (χ3v) is 9.39. The predicted molar refractivity (Wildman–Crippen MR) is 134 cm³/mol. The molecule has 9 nitrogen and oxygen atoms in total. The zero-order valence-corrected chi connectivity index (χ0v) is 22.0. The number of halogens is 1. The van der Waals surface area contributed by atoms with Crippen LogP contribution < -0.4 is 5.73 Å². The van der Waals surface area contributed by atoms with Crippen LogP contribution in [-0.2, 0) is 16.0 Å². The number of aliphatic hydroxyl groups excluding tert-OH is 3. The summed E-state index contributed by atoms with van der Waals surface area (Å²) >= 11 is 6.06. The molecule has 2 fully saturated rings. The highest BCUT2D eigenvalue weighted by Gasteiger charge is 2.75. The highest BCUT2D eigenvalue weighted by Crippen LogP contribution is 2.65. The van der Waals surface area contributed by atoms with E-state index in [1.54, 1.807) is 33.8 Å². The molecule has 3 aliphatic carbocycles. The normalized spacial score (nSPS) is 39.7. The second-order valence-corrected chi connectivity index (χ2v) is 12.2. The summed E-state index contributed by atoms with van der Waals surface area (Å²) in [5, 5.41) is 55.1. The average molecular weight is 536 g/mol. The minimum Gasteiger partial charge on any atom is -0.507 e. The Morgan fingerprint density at radius 3 is 2.41 bits per heavy atom. The molecule has 2 saturated carbocycles. The number of ketones is 2. The van der Waals surface area contributed by atoms with Gasteiger partial charge in [-0.1, -0.05) is 45.4 Å². The lowest BCUT2D eigenvalue weighted by molar-refractivity contribution is -0.265. The van der Waals surface area contributed by atoms with Crippen molar-refractivity contribution in [3.63, 3.8) is 0 Å². The molecule has 1 aromatic carbocycles. The number of benzene rings is 1. The summed E-state index contributed by atoms with van der Waals surface area (Å²) in [6.45, 7) is 6.52. The van der Waals surface area contributed by atoms with Crippen LogP contribution in [0.1, 0.15) is 55.6 Å². The number of aliphatic hydroxyl groups is 4. The van der Waals surface area contributed by atoms with Crippen LogP contribution in [0, 0.1) is 34.5 Å². The maximum Gasteiger partial charge on any atom is 0.230 e. The predicted octanol–water partition coefficient (Wildman–Crippen LogP) is 1.14. The van der Waals surface area contributed by atoms with Crippen LogP contribution in [0.2, 0.25) is 0 Å². The summed E-state index contributed by atoms with van der Waals surface area (Å²) in [6, 6.07) is 2.88. The van der Waals surface area contributed by atoms with Gasteiger partial charge in [-0.15, -0.1) is 0 Å². The molecular weight excluding hydrogens is 502 g/mol. The van der Waals surface area contributed by atoms with Gasteiger partial charge in [-0.3, -0.25) is 14.4 Å². The Bertz CT molecular complexity index is 1210. The summed E-state index contributed by atoms with van der Waals surface area (Å²) in [7, 11) is 0. The van der Waals surface area contributed by atoms with Crippen LogP contribution in [-0.4, -0.2) is 67.4 Å². The van der Waals surface area contributed by atoms with E-state index in [1.165, 1.54) is 12.1 Å². The van der Waals surface area contributed by atoms with Gasteiger partial charge < -0.3 is 31.3 Å². The first kappa shape index (κ1) is 27.7. The number of rotatable bonds is 4. The van der Waals surface area contributed by atoms with Crippen LogP contribution in [0.5, 0.6) is 5.75 Å². The molecule has 202 valence electrons. The van der Waals surface area contributed by atoms with E-state index < -0.39 is 70.5 Å². The number of fused-ring (bicyclic) bond motifs is 3. The van der Waals surface area contributed by atoms with Gasteiger partial charge in [-0.25, -0.2) is 0 Å². The molecule has 1 aromatic rings. The Hall–Kier alpha value is -2.30. The summed E-state index contributed by atoms with van der Waals surface area (Å²) in [5.74, 6) is -7.39. The van der Waals surface area contributed by atoms with Crippen molar-refractivity contribution in [1.82, 2.24) is 0 Å². The maximum absolute atomic E-state index is 13.9. The number of phenols is 1. The third-order valence-electron chi connectivity index (χ3n) is 9.16. The lowest BCUT2D eigenvalue weighted by Crippen LogP contribution is -2.79. The smallest absolute Gasteiger partial charge is 0.230 e. The van der Waals surface area contributed by atoms with Crippen LogP contribution in [0.15, 0.2) is 17.2 Å². The summed E-state index contributed by atoms with van der Waals surface area (Å²) in [6.07, 6.45) is -1.70. The Balaban J connectivity index is 1.97. The molecule has 7 N–H and O–H groups in total. The zero-order valence-electron chi connectivity index (χ0n) is 21.2. The molecule has 8 atom stereocenters. The van der Waals surface area contributed by atoms with Crippen molar-refractivity contribution >= 4 is 35.2 Å². The van der Waals surface area contributed by atoms with Crippen LogP contribution in [0.3, 0.4) is 0 Å². The fourth-order valence-electron chi connectivity index (χ4n) is 7.91. The molecule has 0 saturated heterocycles. The Labute approximate surface area is 219 Å². The number of hydrogen-bond donors (Lipinski definition) is 6. The maximum atomic E-state index is 13.9. The van der Waals surface area contributed by atoms with Crippen molar-refractivity contribution < 1.29 is 39.9 Å². The molecule has 0 heterocycles. The van der Waals surface area contributed by atoms with Gasteiger partial charge in [0, 0.05) is 10.4 Å². The molecule has 3 aliphatic rings. The number of nitrogens with two attached hydrogens (primary N) is 1. The van der Waals surface area contributed by atoms with Crippen molar-refractivity contribution in [2.75, 3.05) is 6.61 Å². The molecule has 0 spiro atoms. The molecule has 37 heavy (non-hydrogen) atoms. The average Bonchev–Trinajstić information content (AvgIpc) is 2.77. The lowest BCUT2D eigenvalue weighted by atomic mass is 9.39. The topological polar surface area (TPSA) is 178 Å². The highest BCUT2D eigenvalue weighted by molar-refractivity contribution is 6.31. The quantitative estimate of drug-likeness (QED) is 0.311. The molecular formula is C27H34ClNO8. The van der Waals surface area contributed by atoms with E-state index >= 15 is 0 Å². The van der Waals surface area contributed by atoms with E-state index in [2.05, 4.69) is 0 Å². The molecule has 0 radical (unpaired) electrons. The number of carbonyl (C=O) groups is 3. The van der Waals surface area contributed by atoms with Crippen molar-refractivity contribution in [1.29, 1.82) is 0 Å². The van der Waals surface area contributed by atoms with E-state index in [0.717, 1.165) is 0 Å². The van der Waals surface area contributed by atoms with E-state index in [0.29, 0.717) is 11.1 Å². The largest absolute Gasteiger partial charge is 0.507 e. The SMILES string of the molecule is CC(C)[C@H]1C(O)[C@@H](C(N)=O)C(=O)[C@]2(O)C(O)[C@H]3C(=O)c4c(O)ccc(/C=C(\Cl)CO)c4C[C@]3(C)C[C@]12C. The van der Waals surface area contributed by atoms with Crippen LogP contribution >= 0.6 is 11.6 Å². The minimum absolute atomic E-state index is 0.0487. The zero-order chi connectivity index (χ0) is 27.8. The number of phenolic OH excluding ortho intramolecular Hbond substituents is 1. The number of primary amides is 1. The van der Waals surface area contributed by atoms with Crippen molar-refractivity contribution in [2.45, 2.75) is 58.3 Å². The van der Waals surface area contributed by atoms with Gasteiger partial charge in [0.05, 0.1) is 24.2 Å². The van der Waals surface area contributed by atoms with Crippen molar-refractivity contribution in [3.8, 4) is 5.75 Å². The van der Waals surface area contributed by atoms with Gasteiger partial charge in [0.2, 0.25) is 5.91 Å². The molecule has 0 aromatic heterocycles. The number of Topliss-reactive ketones (excluding diaryl/α,β-unsaturated/α-hetero) is 2. The fraction of sp³-hybridized carbons (Fsp3) is 0.593. The summed E-state index contributed by atoms with van der Waals surface area (Å²) in [5.41, 5.74) is 1.40. The first-order chi connectivity index (χ1) is 17.1.